The molecular weight excluding hydrogens is 418 g/mol. The minimum Gasteiger partial charge on any atom is -0.452 e. The van der Waals surface area contributed by atoms with Crippen LogP contribution in [0.25, 0.3) is 0 Å². The van der Waals surface area contributed by atoms with Gasteiger partial charge in [0.05, 0.1) is 10.5 Å². The van der Waals surface area contributed by atoms with E-state index < -0.39 is 10.9 Å². The van der Waals surface area contributed by atoms with Gasteiger partial charge in [0.1, 0.15) is 5.69 Å². The van der Waals surface area contributed by atoms with Gasteiger partial charge in [-0.2, -0.15) is 0 Å². The fourth-order valence-electron chi connectivity index (χ4n) is 4.24. The number of carbonyl (C=O) groups excluding carboxylic acids is 2. The minimum absolute atomic E-state index is 0.0760. The molecule has 0 spiro atoms. The van der Waals surface area contributed by atoms with Gasteiger partial charge in [-0.3, -0.25) is 14.9 Å². The van der Waals surface area contributed by atoms with E-state index in [2.05, 4.69) is 6.92 Å². The van der Waals surface area contributed by atoms with Gasteiger partial charge < -0.3 is 14.5 Å². The largest absolute Gasteiger partial charge is 0.452 e. The third-order valence-electron chi connectivity index (χ3n) is 5.89. The highest BCUT2D eigenvalue weighted by Crippen LogP contribution is 2.32. The summed E-state index contributed by atoms with van der Waals surface area (Å²) in [5.41, 5.74) is 1.61. The number of anilines is 1. The number of carbonyl (C=O) groups is 2. The van der Waals surface area contributed by atoms with E-state index in [4.69, 9.17) is 4.74 Å². The molecule has 0 saturated carbocycles. The van der Waals surface area contributed by atoms with E-state index in [9.17, 15) is 19.7 Å². The lowest BCUT2D eigenvalue weighted by Gasteiger charge is -2.32. The number of rotatable bonds is 5. The molecule has 0 bridgehead atoms. The molecule has 8 nitrogen and oxygen atoms in total. The molecule has 1 amide bonds. The Morgan fingerprint density at radius 3 is 2.90 bits per heavy atom. The zero-order valence-electron chi connectivity index (χ0n) is 17.4. The molecule has 31 heavy (non-hydrogen) atoms. The molecule has 1 fully saturated rings. The summed E-state index contributed by atoms with van der Waals surface area (Å²) >= 11 is 1.69. The van der Waals surface area contributed by atoms with Crippen LogP contribution in [-0.4, -0.2) is 47.9 Å². The number of ether oxygens (including phenoxy) is 1. The molecule has 1 aromatic heterocycles. The average Bonchev–Trinajstić information content (AvgIpc) is 3.24. The monoisotopic (exact) mass is 443 g/mol. The minimum atomic E-state index is -0.733. The summed E-state index contributed by atoms with van der Waals surface area (Å²) in [6, 6.07) is 6.40. The van der Waals surface area contributed by atoms with E-state index in [0.717, 1.165) is 37.9 Å². The molecule has 0 N–H and O–H groups in total. The van der Waals surface area contributed by atoms with E-state index in [0.29, 0.717) is 24.7 Å². The second-order valence-electron chi connectivity index (χ2n) is 8.16. The van der Waals surface area contributed by atoms with Crippen molar-refractivity contribution in [3.05, 3.63) is 55.8 Å². The fourth-order valence-corrected chi connectivity index (χ4v) is 5.13. The number of nitrogens with zero attached hydrogens (tertiary/aromatic N) is 3. The maximum atomic E-state index is 12.5. The number of esters is 1. The predicted molar refractivity (Wildman–Crippen MR) is 117 cm³/mol. The normalized spacial score (nSPS) is 18.4. The molecule has 2 aromatic rings. The Kier molecular flexibility index (Phi) is 6.22. The van der Waals surface area contributed by atoms with Gasteiger partial charge in [0.25, 0.3) is 11.6 Å². The summed E-state index contributed by atoms with van der Waals surface area (Å²) < 4.78 is 5.19. The Bertz CT molecular complexity index is 1000. The smallest absolute Gasteiger partial charge is 0.338 e. The number of benzene rings is 1. The lowest BCUT2D eigenvalue weighted by Crippen LogP contribution is -2.38. The first kappa shape index (κ1) is 21.3. The van der Waals surface area contributed by atoms with E-state index in [1.165, 1.54) is 17.0 Å². The first-order chi connectivity index (χ1) is 14.9. The Morgan fingerprint density at radius 1 is 1.29 bits per heavy atom. The van der Waals surface area contributed by atoms with Gasteiger partial charge in [0, 0.05) is 37.1 Å². The molecule has 0 aliphatic carbocycles. The van der Waals surface area contributed by atoms with Crippen molar-refractivity contribution in [1.82, 2.24) is 4.90 Å². The second kappa shape index (κ2) is 9.05. The fraction of sp³-hybridized carbons (Fsp3) is 0.455. The van der Waals surface area contributed by atoms with Crippen LogP contribution in [0.4, 0.5) is 11.4 Å². The van der Waals surface area contributed by atoms with Crippen molar-refractivity contribution in [2.75, 3.05) is 31.1 Å². The highest BCUT2D eigenvalue weighted by Gasteiger charge is 2.26. The topological polar surface area (TPSA) is 93.0 Å². The second-order valence-corrected chi connectivity index (χ2v) is 9.17. The lowest BCUT2D eigenvalue weighted by molar-refractivity contribution is -0.384. The summed E-state index contributed by atoms with van der Waals surface area (Å²) in [6.45, 7) is 4.37. The molecule has 4 rings (SSSR count). The number of fused-ring (bicyclic) bond motifs is 1. The summed E-state index contributed by atoms with van der Waals surface area (Å²) in [4.78, 5) is 41.1. The lowest BCUT2D eigenvalue weighted by atomic mass is 9.99. The van der Waals surface area contributed by atoms with Crippen molar-refractivity contribution in [3.8, 4) is 0 Å². The van der Waals surface area contributed by atoms with Crippen molar-refractivity contribution >= 4 is 34.6 Å². The van der Waals surface area contributed by atoms with E-state index in [-0.39, 0.29) is 23.8 Å². The third kappa shape index (κ3) is 4.71. The maximum Gasteiger partial charge on any atom is 0.338 e. The molecular formula is C22H25N3O5S. The van der Waals surface area contributed by atoms with Crippen molar-refractivity contribution in [1.29, 1.82) is 0 Å². The highest BCUT2D eigenvalue weighted by molar-refractivity contribution is 7.10. The quantitative estimate of drug-likeness (QED) is 0.398. The molecule has 3 heterocycles. The Morgan fingerprint density at radius 2 is 2.13 bits per heavy atom. The molecule has 1 saturated heterocycles. The standard InChI is InChI=1S/C22H25N3O5S/c1-15-3-2-8-23(12-15)18-5-4-16(11-19(18)25(28)29)22(27)30-14-21(26)24-9-6-20-17(13-24)7-10-31-20/h4-5,7,10-11,15H,2-3,6,8-9,12-14H2,1H3. The summed E-state index contributed by atoms with van der Waals surface area (Å²) in [5, 5.41) is 13.7. The van der Waals surface area contributed by atoms with Crippen molar-refractivity contribution in [3.63, 3.8) is 0 Å². The van der Waals surface area contributed by atoms with Gasteiger partial charge in [-0.25, -0.2) is 4.79 Å². The molecule has 2 aliphatic heterocycles. The number of hydrogen-bond acceptors (Lipinski definition) is 7. The Labute approximate surface area is 184 Å². The van der Waals surface area contributed by atoms with Crippen LogP contribution in [0, 0.1) is 16.0 Å². The Hall–Kier alpha value is -2.94. The van der Waals surface area contributed by atoms with Gasteiger partial charge in [0.2, 0.25) is 0 Å². The van der Waals surface area contributed by atoms with Crippen LogP contribution < -0.4 is 4.90 Å². The Balaban J connectivity index is 1.41. The molecule has 0 radical (unpaired) electrons. The van der Waals surface area contributed by atoms with E-state index in [1.807, 2.05) is 16.3 Å². The predicted octanol–water partition coefficient (Wildman–Crippen LogP) is 3.63. The summed E-state index contributed by atoms with van der Waals surface area (Å²) in [5.74, 6) is -0.536. The first-order valence-electron chi connectivity index (χ1n) is 10.5. The van der Waals surface area contributed by atoms with E-state index in [1.54, 1.807) is 22.3 Å². The number of nitro benzene ring substituents is 1. The average molecular weight is 444 g/mol. The molecule has 1 unspecified atom stereocenters. The number of hydrogen-bond donors (Lipinski definition) is 0. The van der Waals surface area contributed by atoms with Crippen LogP contribution in [0.3, 0.4) is 0 Å². The molecule has 164 valence electrons. The van der Waals surface area contributed by atoms with Crippen molar-refractivity contribution in [2.45, 2.75) is 32.7 Å². The SMILES string of the molecule is CC1CCCN(c2ccc(C(=O)OCC(=O)N3CCc4sccc4C3)cc2[N+](=O)[O-])C1. The first-order valence-corrected chi connectivity index (χ1v) is 11.3. The number of amides is 1. The van der Waals surface area contributed by atoms with Gasteiger partial charge in [-0.15, -0.1) is 11.3 Å². The third-order valence-corrected chi connectivity index (χ3v) is 6.92. The molecule has 1 atom stereocenters. The van der Waals surface area contributed by atoms with Crippen molar-refractivity contribution in [2.24, 2.45) is 5.92 Å². The number of piperidine rings is 1. The van der Waals surface area contributed by atoms with Crippen LogP contribution in [0.2, 0.25) is 0 Å². The van der Waals surface area contributed by atoms with Gasteiger partial charge in [0.15, 0.2) is 6.61 Å². The van der Waals surface area contributed by atoms with Crippen LogP contribution >= 0.6 is 11.3 Å². The van der Waals surface area contributed by atoms with Gasteiger partial charge in [-0.05, 0) is 54.3 Å². The summed E-state index contributed by atoms with van der Waals surface area (Å²) in [7, 11) is 0. The van der Waals surface area contributed by atoms with Crippen LogP contribution in [-0.2, 0) is 22.5 Å². The highest BCUT2D eigenvalue weighted by atomic mass is 32.1. The number of thiophene rings is 1. The van der Waals surface area contributed by atoms with Crippen LogP contribution in [0.15, 0.2) is 29.6 Å². The molecule has 9 heteroatoms. The molecule has 1 aromatic carbocycles. The number of nitro groups is 1. The van der Waals surface area contributed by atoms with Crippen LogP contribution in [0.1, 0.15) is 40.6 Å². The maximum absolute atomic E-state index is 12.5. The van der Waals surface area contributed by atoms with Crippen molar-refractivity contribution < 1.29 is 19.2 Å². The molecule has 2 aliphatic rings. The summed E-state index contributed by atoms with van der Waals surface area (Å²) in [6.07, 6.45) is 2.89. The van der Waals surface area contributed by atoms with Gasteiger partial charge in [-0.1, -0.05) is 6.92 Å². The van der Waals surface area contributed by atoms with E-state index >= 15 is 0 Å². The van der Waals surface area contributed by atoms with Crippen LogP contribution in [0.5, 0.6) is 0 Å². The zero-order valence-corrected chi connectivity index (χ0v) is 18.2. The zero-order chi connectivity index (χ0) is 22.0. The van der Waals surface area contributed by atoms with Gasteiger partial charge >= 0.3 is 5.97 Å².